The van der Waals surface area contributed by atoms with E-state index in [-0.39, 0.29) is 6.42 Å². The smallest absolute Gasteiger partial charge is 0.303 e. The van der Waals surface area contributed by atoms with E-state index in [2.05, 4.69) is 36.1 Å². The van der Waals surface area contributed by atoms with Crippen LogP contribution < -0.4 is 5.32 Å². The van der Waals surface area contributed by atoms with Gasteiger partial charge in [-0.1, -0.05) is 20.8 Å². The molecule has 1 atom stereocenters. The number of carboxylic acids is 1. The molecule has 0 aliphatic heterocycles. The van der Waals surface area contributed by atoms with Gasteiger partial charge in [0.15, 0.2) is 0 Å². The summed E-state index contributed by atoms with van der Waals surface area (Å²) >= 11 is 0. The van der Waals surface area contributed by atoms with Gasteiger partial charge in [-0.15, -0.1) is 0 Å². The first-order valence-corrected chi connectivity index (χ1v) is 6.76. The van der Waals surface area contributed by atoms with Gasteiger partial charge in [-0.2, -0.15) is 0 Å². The van der Waals surface area contributed by atoms with Crippen LogP contribution in [-0.2, 0) is 4.79 Å². The highest BCUT2D eigenvalue weighted by Gasteiger charge is 2.06. The molecule has 1 aromatic rings. The second-order valence-electron chi connectivity index (χ2n) is 5.24. The van der Waals surface area contributed by atoms with E-state index in [4.69, 9.17) is 5.11 Å². The third kappa shape index (κ3) is 6.18. The Morgan fingerprint density at radius 1 is 1.32 bits per heavy atom. The first-order valence-electron chi connectivity index (χ1n) is 6.76. The third-order valence-electron chi connectivity index (χ3n) is 3.07. The number of carbonyl (C=O) groups is 1. The van der Waals surface area contributed by atoms with Gasteiger partial charge in [0.2, 0.25) is 0 Å². The number of anilines is 1. The molecule has 0 saturated heterocycles. The van der Waals surface area contributed by atoms with E-state index in [0.29, 0.717) is 11.8 Å². The number of carboxylic acid groups (broad SMARTS) is 1. The van der Waals surface area contributed by atoms with Crippen LogP contribution in [0.3, 0.4) is 0 Å². The van der Waals surface area contributed by atoms with E-state index < -0.39 is 5.97 Å². The minimum absolute atomic E-state index is 0.242. The Labute approximate surface area is 114 Å². The summed E-state index contributed by atoms with van der Waals surface area (Å²) < 4.78 is 0. The first-order chi connectivity index (χ1) is 8.99. The monoisotopic (exact) mass is 265 g/mol. The topological polar surface area (TPSA) is 75.1 Å². The van der Waals surface area contributed by atoms with Crippen molar-refractivity contribution in [3.63, 3.8) is 0 Å². The van der Waals surface area contributed by atoms with Crippen molar-refractivity contribution in [3.8, 4) is 0 Å². The second kappa shape index (κ2) is 7.71. The SMILES string of the molecule is CC(CCNc1cc(C(C)C)ncn1)CCC(=O)O. The molecule has 1 aromatic heterocycles. The van der Waals surface area contributed by atoms with Crippen LogP contribution in [0.4, 0.5) is 5.82 Å². The molecule has 0 aliphatic rings. The molecule has 2 N–H and O–H groups in total. The number of rotatable bonds is 8. The molecule has 0 amide bonds. The molecule has 106 valence electrons. The zero-order valence-electron chi connectivity index (χ0n) is 11.9. The predicted molar refractivity (Wildman–Crippen MR) is 75.3 cm³/mol. The van der Waals surface area contributed by atoms with Crippen molar-refractivity contribution < 1.29 is 9.90 Å². The van der Waals surface area contributed by atoms with E-state index in [1.807, 2.05) is 6.07 Å². The quantitative estimate of drug-likeness (QED) is 0.756. The average molecular weight is 265 g/mol. The van der Waals surface area contributed by atoms with Gasteiger partial charge in [0.1, 0.15) is 12.1 Å². The second-order valence-corrected chi connectivity index (χ2v) is 5.24. The highest BCUT2D eigenvalue weighted by Crippen LogP contribution is 2.14. The number of aliphatic carboxylic acids is 1. The lowest BCUT2D eigenvalue weighted by molar-refractivity contribution is -0.137. The number of aromatic nitrogens is 2. The van der Waals surface area contributed by atoms with Crippen molar-refractivity contribution in [2.45, 2.75) is 46.0 Å². The minimum atomic E-state index is -0.725. The molecule has 19 heavy (non-hydrogen) atoms. The molecule has 1 unspecified atom stereocenters. The molecule has 5 heteroatoms. The van der Waals surface area contributed by atoms with Crippen LogP contribution in [0.1, 0.15) is 51.6 Å². The van der Waals surface area contributed by atoms with Gasteiger partial charge >= 0.3 is 5.97 Å². The highest BCUT2D eigenvalue weighted by molar-refractivity contribution is 5.66. The molecule has 0 fully saturated rings. The van der Waals surface area contributed by atoms with Gasteiger partial charge in [-0.3, -0.25) is 4.79 Å². The van der Waals surface area contributed by atoms with Gasteiger partial charge in [0, 0.05) is 24.7 Å². The Bertz CT molecular complexity index is 407. The van der Waals surface area contributed by atoms with Crippen molar-refractivity contribution in [2.24, 2.45) is 5.92 Å². The summed E-state index contributed by atoms with van der Waals surface area (Å²) in [6.45, 7) is 7.07. The summed E-state index contributed by atoms with van der Waals surface area (Å²) in [6, 6.07) is 1.96. The average Bonchev–Trinajstić information content (AvgIpc) is 2.36. The standard InChI is InChI=1S/C14H23N3O2/c1-10(2)12-8-13(17-9-16-12)15-7-6-11(3)4-5-14(18)19/h8-11H,4-7H2,1-3H3,(H,18,19)(H,15,16,17). The van der Waals surface area contributed by atoms with Gasteiger partial charge in [-0.25, -0.2) is 9.97 Å². The lowest BCUT2D eigenvalue weighted by atomic mass is 10.0. The fourth-order valence-electron chi connectivity index (χ4n) is 1.75. The molecule has 1 heterocycles. The summed E-state index contributed by atoms with van der Waals surface area (Å²) in [4.78, 5) is 18.9. The Kier molecular flexibility index (Phi) is 6.25. The van der Waals surface area contributed by atoms with Crippen molar-refractivity contribution in [1.82, 2.24) is 9.97 Å². The van der Waals surface area contributed by atoms with Crippen LogP contribution in [0.5, 0.6) is 0 Å². The van der Waals surface area contributed by atoms with Gasteiger partial charge in [0.05, 0.1) is 0 Å². The Morgan fingerprint density at radius 2 is 2.05 bits per heavy atom. The summed E-state index contributed by atoms with van der Waals surface area (Å²) in [5.74, 6) is 0.898. The van der Waals surface area contributed by atoms with E-state index in [1.54, 1.807) is 6.33 Å². The number of hydrogen-bond acceptors (Lipinski definition) is 4. The molecule has 0 spiro atoms. The van der Waals surface area contributed by atoms with Gasteiger partial charge < -0.3 is 10.4 Å². The number of nitrogens with zero attached hydrogens (tertiary/aromatic N) is 2. The van der Waals surface area contributed by atoms with Gasteiger partial charge in [-0.05, 0) is 24.7 Å². The molecule has 0 radical (unpaired) electrons. The normalized spacial score (nSPS) is 12.4. The lowest BCUT2D eigenvalue weighted by Crippen LogP contribution is -2.10. The molecule has 5 nitrogen and oxygen atoms in total. The van der Waals surface area contributed by atoms with Crippen molar-refractivity contribution >= 4 is 11.8 Å². The summed E-state index contributed by atoms with van der Waals surface area (Å²) in [5, 5.41) is 11.9. The summed E-state index contributed by atoms with van der Waals surface area (Å²) in [5.41, 5.74) is 1.02. The Hall–Kier alpha value is -1.65. The number of nitrogens with one attached hydrogen (secondary N) is 1. The maximum atomic E-state index is 10.5. The molecule has 1 rings (SSSR count). The summed E-state index contributed by atoms with van der Waals surface area (Å²) in [6.07, 6.45) is 3.48. The first kappa shape index (κ1) is 15.4. The van der Waals surface area contributed by atoms with Crippen LogP contribution in [0, 0.1) is 5.92 Å². The van der Waals surface area contributed by atoms with E-state index in [9.17, 15) is 4.79 Å². The van der Waals surface area contributed by atoms with Crippen LogP contribution in [-0.4, -0.2) is 27.6 Å². The van der Waals surface area contributed by atoms with Gasteiger partial charge in [0.25, 0.3) is 0 Å². The zero-order chi connectivity index (χ0) is 14.3. The molecule has 0 aromatic carbocycles. The fraction of sp³-hybridized carbons (Fsp3) is 0.643. The third-order valence-corrected chi connectivity index (χ3v) is 3.07. The highest BCUT2D eigenvalue weighted by atomic mass is 16.4. The predicted octanol–water partition coefficient (Wildman–Crippen LogP) is 2.90. The molecule has 0 bridgehead atoms. The number of hydrogen-bond donors (Lipinski definition) is 2. The van der Waals surface area contributed by atoms with Crippen molar-refractivity contribution in [3.05, 3.63) is 18.1 Å². The lowest BCUT2D eigenvalue weighted by Gasteiger charge is -2.12. The maximum absolute atomic E-state index is 10.5. The summed E-state index contributed by atoms with van der Waals surface area (Å²) in [7, 11) is 0. The maximum Gasteiger partial charge on any atom is 0.303 e. The molecular weight excluding hydrogens is 242 g/mol. The fourth-order valence-corrected chi connectivity index (χ4v) is 1.75. The molecule has 0 aliphatic carbocycles. The Balaban J connectivity index is 2.32. The van der Waals surface area contributed by atoms with E-state index in [0.717, 1.165) is 30.9 Å². The van der Waals surface area contributed by atoms with Crippen LogP contribution >= 0.6 is 0 Å². The van der Waals surface area contributed by atoms with Crippen molar-refractivity contribution in [1.29, 1.82) is 0 Å². The van der Waals surface area contributed by atoms with Crippen LogP contribution in [0.25, 0.3) is 0 Å². The Morgan fingerprint density at radius 3 is 2.68 bits per heavy atom. The van der Waals surface area contributed by atoms with Crippen LogP contribution in [0.2, 0.25) is 0 Å². The van der Waals surface area contributed by atoms with Crippen LogP contribution in [0.15, 0.2) is 12.4 Å². The molecular formula is C14H23N3O2. The van der Waals surface area contributed by atoms with Crippen molar-refractivity contribution in [2.75, 3.05) is 11.9 Å². The van der Waals surface area contributed by atoms with E-state index >= 15 is 0 Å². The zero-order valence-corrected chi connectivity index (χ0v) is 11.9. The molecule has 0 saturated carbocycles. The largest absolute Gasteiger partial charge is 0.481 e. The van der Waals surface area contributed by atoms with E-state index in [1.165, 1.54) is 0 Å². The minimum Gasteiger partial charge on any atom is -0.481 e.